The molecule has 2 aromatic rings. The first-order chi connectivity index (χ1) is 12.8. The van der Waals surface area contributed by atoms with Gasteiger partial charge in [-0.3, -0.25) is 9.59 Å². The summed E-state index contributed by atoms with van der Waals surface area (Å²) in [6.07, 6.45) is 0.802. The molecule has 0 aromatic heterocycles. The van der Waals surface area contributed by atoms with Crippen molar-refractivity contribution in [3.8, 4) is 5.75 Å². The van der Waals surface area contributed by atoms with Gasteiger partial charge in [-0.1, -0.05) is 19.9 Å². The van der Waals surface area contributed by atoms with Crippen LogP contribution in [0.1, 0.15) is 30.5 Å². The molecule has 0 radical (unpaired) electrons. The van der Waals surface area contributed by atoms with Crippen LogP contribution in [-0.2, 0) is 16.0 Å². The summed E-state index contributed by atoms with van der Waals surface area (Å²) in [6, 6.07) is 11.5. The zero-order valence-electron chi connectivity index (χ0n) is 16.3. The van der Waals surface area contributed by atoms with Gasteiger partial charge in [0.15, 0.2) is 6.61 Å². The minimum Gasteiger partial charge on any atom is -0.484 e. The van der Waals surface area contributed by atoms with Crippen LogP contribution >= 0.6 is 0 Å². The summed E-state index contributed by atoms with van der Waals surface area (Å²) in [6.45, 7) is 8.52. The number of anilines is 2. The summed E-state index contributed by atoms with van der Waals surface area (Å²) in [5, 5.41) is 2.87. The van der Waals surface area contributed by atoms with Crippen molar-refractivity contribution in [2.24, 2.45) is 5.92 Å². The second-order valence-corrected chi connectivity index (χ2v) is 7.32. The van der Waals surface area contributed by atoms with E-state index in [1.54, 1.807) is 0 Å². The van der Waals surface area contributed by atoms with Gasteiger partial charge in [0.25, 0.3) is 5.91 Å². The topological polar surface area (TPSA) is 58.6 Å². The number of carbonyl (C=O) groups excluding carboxylic acids is 2. The predicted molar refractivity (Wildman–Crippen MR) is 107 cm³/mol. The number of fused-ring (bicyclic) bond motifs is 1. The molecule has 1 aliphatic rings. The SMILES string of the molecule is Cc1ccc(OCC(=O)Nc2ccc3c(c2)CCN3C(=O)C(C)C)cc1C. The fourth-order valence-electron chi connectivity index (χ4n) is 3.17. The number of nitrogens with one attached hydrogen (secondary N) is 1. The minimum absolute atomic E-state index is 0.0297. The Kier molecular flexibility index (Phi) is 5.49. The number of hydrogen-bond acceptors (Lipinski definition) is 3. The first kappa shape index (κ1) is 19.0. The summed E-state index contributed by atoms with van der Waals surface area (Å²) in [5.74, 6) is 0.580. The first-order valence-electron chi connectivity index (χ1n) is 9.29. The van der Waals surface area contributed by atoms with Gasteiger partial charge in [-0.2, -0.15) is 0 Å². The average molecular weight is 366 g/mol. The van der Waals surface area contributed by atoms with E-state index in [1.165, 1.54) is 5.56 Å². The third-order valence-corrected chi connectivity index (χ3v) is 4.87. The molecule has 0 bridgehead atoms. The normalized spacial score (nSPS) is 12.9. The summed E-state index contributed by atoms with van der Waals surface area (Å²) in [4.78, 5) is 26.3. The largest absolute Gasteiger partial charge is 0.484 e. The Balaban J connectivity index is 1.60. The fraction of sp³-hybridized carbons (Fsp3) is 0.364. The van der Waals surface area contributed by atoms with Gasteiger partial charge in [0.1, 0.15) is 5.75 Å². The van der Waals surface area contributed by atoms with Crippen LogP contribution in [0, 0.1) is 19.8 Å². The molecule has 0 saturated carbocycles. The van der Waals surface area contributed by atoms with Gasteiger partial charge in [-0.25, -0.2) is 0 Å². The molecule has 2 aromatic carbocycles. The summed E-state index contributed by atoms with van der Waals surface area (Å²) in [7, 11) is 0. The van der Waals surface area contributed by atoms with Crippen LogP contribution in [0.15, 0.2) is 36.4 Å². The van der Waals surface area contributed by atoms with Crippen molar-refractivity contribution in [3.63, 3.8) is 0 Å². The van der Waals surface area contributed by atoms with E-state index in [0.29, 0.717) is 12.3 Å². The maximum atomic E-state index is 12.3. The third kappa shape index (κ3) is 4.30. The predicted octanol–water partition coefficient (Wildman–Crippen LogP) is 3.87. The molecule has 0 spiro atoms. The zero-order valence-corrected chi connectivity index (χ0v) is 16.3. The molecule has 2 amide bonds. The second-order valence-electron chi connectivity index (χ2n) is 7.32. The van der Waals surface area contributed by atoms with Crippen LogP contribution in [0.25, 0.3) is 0 Å². The number of hydrogen-bond donors (Lipinski definition) is 1. The van der Waals surface area contributed by atoms with Crippen molar-refractivity contribution in [3.05, 3.63) is 53.1 Å². The number of carbonyl (C=O) groups is 2. The number of rotatable bonds is 5. The Hall–Kier alpha value is -2.82. The van der Waals surface area contributed by atoms with Crippen molar-refractivity contribution >= 4 is 23.2 Å². The molecule has 5 nitrogen and oxygen atoms in total. The van der Waals surface area contributed by atoms with Gasteiger partial charge in [0.2, 0.25) is 5.91 Å². The molecule has 0 unspecified atom stereocenters. The number of nitrogens with zero attached hydrogens (tertiary/aromatic N) is 1. The van der Waals surface area contributed by atoms with E-state index >= 15 is 0 Å². The molecule has 1 N–H and O–H groups in total. The van der Waals surface area contributed by atoms with Gasteiger partial charge in [0, 0.05) is 23.8 Å². The van der Waals surface area contributed by atoms with E-state index in [9.17, 15) is 9.59 Å². The maximum Gasteiger partial charge on any atom is 0.262 e. The Morgan fingerprint density at radius 1 is 1.11 bits per heavy atom. The lowest BCUT2D eigenvalue weighted by molar-refractivity contribution is -0.121. The molecule has 3 rings (SSSR count). The third-order valence-electron chi connectivity index (χ3n) is 4.87. The van der Waals surface area contributed by atoms with E-state index in [-0.39, 0.29) is 24.3 Å². The average Bonchev–Trinajstić information content (AvgIpc) is 3.05. The maximum absolute atomic E-state index is 12.3. The summed E-state index contributed by atoms with van der Waals surface area (Å²) >= 11 is 0. The van der Waals surface area contributed by atoms with E-state index < -0.39 is 0 Å². The highest BCUT2D eigenvalue weighted by molar-refractivity contribution is 5.97. The van der Waals surface area contributed by atoms with Crippen LogP contribution in [0.3, 0.4) is 0 Å². The number of ether oxygens (including phenoxy) is 1. The van der Waals surface area contributed by atoms with Gasteiger partial charge in [-0.05, 0) is 67.3 Å². The monoisotopic (exact) mass is 366 g/mol. The van der Waals surface area contributed by atoms with Crippen molar-refractivity contribution in [2.75, 3.05) is 23.4 Å². The second kappa shape index (κ2) is 7.82. The Morgan fingerprint density at radius 2 is 1.89 bits per heavy atom. The zero-order chi connectivity index (χ0) is 19.6. The fourth-order valence-corrected chi connectivity index (χ4v) is 3.17. The lowest BCUT2D eigenvalue weighted by Crippen LogP contribution is -2.32. The van der Waals surface area contributed by atoms with Crippen LogP contribution in [0.2, 0.25) is 0 Å². The minimum atomic E-state index is -0.207. The smallest absolute Gasteiger partial charge is 0.262 e. The highest BCUT2D eigenvalue weighted by Crippen LogP contribution is 2.31. The number of amides is 2. The van der Waals surface area contributed by atoms with E-state index in [4.69, 9.17) is 4.74 Å². The van der Waals surface area contributed by atoms with Gasteiger partial charge in [-0.15, -0.1) is 0 Å². The van der Waals surface area contributed by atoms with E-state index in [2.05, 4.69) is 5.32 Å². The standard InChI is InChI=1S/C22H26N2O3/c1-14(2)22(26)24-10-9-17-12-18(6-8-20(17)24)23-21(25)13-27-19-7-5-15(3)16(4)11-19/h5-8,11-12,14H,9-10,13H2,1-4H3,(H,23,25). The van der Waals surface area contributed by atoms with Crippen LogP contribution < -0.4 is 15.0 Å². The van der Waals surface area contributed by atoms with Gasteiger partial charge < -0.3 is 15.0 Å². The molecule has 0 atom stereocenters. The molecule has 5 heteroatoms. The van der Waals surface area contributed by atoms with Crippen molar-refractivity contribution < 1.29 is 14.3 Å². The summed E-state index contributed by atoms with van der Waals surface area (Å²) in [5.41, 5.74) is 5.07. The molecular formula is C22H26N2O3. The number of benzene rings is 2. The number of aryl methyl sites for hydroxylation is 2. The molecule has 27 heavy (non-hydrogen) atoms. The van der Waals surface area contributed by atoms with Gasteiger partial charge in [0.05, 0.1) is 0 Å². The highest BCUT2D eigenvalue weighted by atomic mass is 16.5. The van der Waals surface area contributed by atoms with Crippen LogP contribution in [-0.4, -0.2) is 25.0 Å². The van der Waals surface area contributed by atoms with Crippen LogP contribution in [0.5, 0.6) is 5.75 Å². The lowest BCUT2D eigenvalue weighted by Gasteiger charge is -2.19. The molecular weight excluding hydrogens is 340 g/mol. The molecule has 0 fully saturated rings. The highest BCUT2D eigenvalue weighted by Gasteiger charge is 2.26. The van der Waals surface area contributed by atoms with Crippen molar-refractivity contribution in [2.45, 2.75) is 34.1 Å². The first-order valence-corrected chi connectivity index (χ1v) is 9.29. The van der Waals surface area contributed by atoms with Crippen molar-refractivity contribution in [1.29, 1.82) is 0 Å². The summed E-state index contributed by atoms with van der Waals surface area (Å²) < 4.78 is 5.58. The Bertz CT molecular complexity index is 874. The Labute approximate surface area is 160 Å². The quantitative estimate of drug-likeness (QED) is 0.874. The van der Waals surface area contributed by atoms with Crippen LogP contribution in [0.4, 0.5) is 11.4 Å². The molecule has 1 heterocycles. The van der Waals surface area contributed by atoms with E-state index in [1.807, 2.05) is 69.0 Å². The Morgan fingerprint density at radius 3 is 2.59 bits per heavy atom. The molecule has 142 valence electrons. The van der Waals surface area contributed by atoms with E-state index in [0.717, 1.165) is 28.9 Å². The van der Waals surface area contributed by atoms with Crippen molar-refractivity contribution in [1.82, 2.24) is 0 Å². The van der Waals surface area contributed by atoms with Gasteiger partial charge >= 0.3 is 0 Å². The molecule has 1 aliphatic heterocycles. The lowest BCUT2D eigenvalue weighted by atomic mass is 10.1. The molecule has 0 aliphatic carbocycles. The molecule has 0 saturated heterocycles.